The van der Waals surface area contributed by atoms with Gasteiger partial charge in [0.25, 0.3) is 0 Å². The number of hydrogen-bond donors (Lipinski definition) is 1. The lowest BCUT2D eigenvalue weighted by Gasteiger charge is -2.54. The minimum atomic E-state index is -0.327. The minimum Gasteiger partial charge on any atom is -0.366 e. The summed E-state index contributed by atoms with van der Waals surface area (Å²) in [5, 5.41) is 0. The fourth-order valence-electron chi connectivity index (χ4n) is 4.39. The van der Waals surface area contributed by atoms with Crippen LogP contribution in [0.25, 0.3) is 0 Å². The number of carbonyl (C=O) groups excluding carboxylic acids is 1. The van der Waals surface area contributed by atoms with Gasteiger partial charge in [0.05, 0.1) is 0 Å². The maximum absolute atomic E-state index is 11.6. The second kappa shape index (κ2) is 5.79. The Hall–Kier alpha value is -1.61. The molecule has 2 aliphatic rings. The molecule has 3 heteroatoms. The van der Waals surface area contributed by atoms with Gasteiger partial charge in [0.1, 0.15) is 0 Å². The van der Waals surface area contributed by atoms with E-state index in [1.54, 1.807) is 0 Å². The van der Waals surface area contributed by atoms with Crippen molar-refractivity contribution in [1.82, 2.24) is 4.90 Å². The van der Waals surface area contributed by atoms with Crippen molar-refractivity contribution in [3.05, 3.63) is 46.5 Å². The molecule has 1 aromatic carbocycles. The van der Waals surface area contributed by atoms with E-state index in [0.717, 1.165) is 25.9 Å². The van der Waals surface area contributed by atoms with Crippen LogP contribution in [0.4, 0.5) is 0 Å². The fourth-order valence-corrected chi connectivity index (χ4v) is 4.39. The van der Waals surface area contributed by atoms with Gasteiger partial charge in [-0.3, -0.25) is 9.69 Å². The largest absolute Gasteiger partial charge is 0.366 e. The van der Waals surface area contributed by atoms with E-state index in [2.05, 4.69) is 50.8 Å². The molecule has 1 amide bonds. The number of primary amides is 1. The first-order valence-corrected chi connectivity index (χ1v) is 8.63. The number of rotatable bonds is 3. The Balaban J connectivity index is 1.98. The Morgan fingerprint density at radius 1 is 1.43 bits per heavy atom. The number of allylic oxidation sites excluding steroid dienone is 1. The average Bonchev–Trinajstić information content (AvgIpc) is 2.49. The van der Waals surface area contributed by atoms with Crippen molar-refractivity contribution in [3.8, 4) is 0 Å². The summed E-state index contributed by atoms with van der Waals surface area (Å²) < 4.78 is 0. The van der Waals surface area contributed by atoms with Crippen LogP contribution in [-0.4, -0.2) is 29.9 Å². The van der Waals surface area contributed by atoms with Gasteiger partial charge in [0.15, 0.2) is 0 Å². The van der Waals surface area contributed by atoms with Crippen LogP contribution in [0.3, 0.4) is 0 Å². The molecule has 0 saturated carbocycles. The molecule has 23 heavy (non-hydrogen) atoms. The van der Waals surface area contributed by atoms with Gasteiger partial charge in [-0.05, 0) is 67.8 Å². The lowest BCUT2D eigenvalue weighted by Crippen LogP contribution is -2.57. The standard InChI is InChI=1S/C20H28N2O/c1-13(2)7-9-22-10-8-20(4)14(3)18(22)12-15-5-6-16(19(21)23)11-17(15)20/h5-7,11,14,18H,8-10,12H2,1-4H3,(H2,21,23). The van der Waals surface area contributed by atoms with Crippen molar-refractivity contribution < 1.29 is 4.79 Å². The van der Waals surface area contributed by atoms with Crippen LogP contribution in [0.1, 0.15) is 55.6 Å². The molecular weight excluding hydrogens is 284 g/mol. The summed E-state index contributed by atoms with van der Waals surface area (Å²) in [6.45, 7) is 11.2. The molecule has 1 aromatic rings. The van der Waals surface area contributed by atoms with Crippen molar-refractivity contribution in [2.24, 2.45) is 11.7 Å². The first kappa shape index (κ1) is 16.3. The molecule has 3 nitrogen and oxygen atoms in total. The molecule has 1 heterocycles. The molecule has 0 radical (unpaired) electrons. The number of hydrogen-bond acceptors (Lipinski definition) is 2. The first-order valence-electron chi connectivity index (χ1n) is 8.63. The van der Waals surface area contributed by atoms with Crippen molar-refractivity contribution in [1.29, 1.82) is 0 Å². The van der Waals surface area contributed by atoms with Crippen LogP contribution in [0, 0.1) is 5.92 Å². The molecule has 1 saturated heterocycles. The van der Waals surface area contributed by atoms with Gasteiger partial charge < -0.3 is 5.73 Å². The lowest BCUT2D eigenvalue weighted by atomic mass is 9.59. The normalized spacial score (nSPS) is 29.7. The van der Waals surface area contributed by atoms with Gasteiger partial charge in [0, 0.05) is 18.2 Å². The first-order chi connectivity index (χ1) is 10.8. The van der Waals surface area contributed by atoms with E-state index >= 15 is 0 Å². The third-order valence-electron chi connectivity index (χ3n) is 6.14. The van der Waals surface area contributed by atoms with E-state index in [0.29, 0.717) is 17.5 Å². The summed E-state index contributed by atoms with van der Waals surface area (Å²) in [5.74, 6) is 0.254. The number of carbonyl (C=O) groups is 1. The highest BCUT2D eigenvalue weighted by atomic mass is 16.1. The maximum atomic E-state index is 11.6. The number of likely N-dealkylation sites (tertiary alicyclic amines) is 1. The molecule has 1 fully saturated rings. The van der Waals surface area contributed by atoms with Crippen molar-refractivity contribution in [3.63, 3.8) is 0 Å². The highest BCUT2D eigenvalue weighted by Gasteiger charge is 2.48. The Bertz CT molecular complexity index is 660. The van der Waals surface area contributed by atoms with Gasteiger partial charge >= 0.3 is 0 Å². The van der Waals surface area contributed by atoms with E-state index in [-0.39, 0.29) is 11.3 Å². The van der Waals surface area contributed by atoms with Gasteiger partial charge in [-0.15, -0.1) is 0 Å². The zero-order chi connectivity index (χ0) is 16.8. The van der Waals surface area contributed by atoms with E-state index in [4.69, 9.17) is 5.73 Å². The lowest BCUT2D eigenvalue weighted by molar-refractivity contribution is 0.0397. The molecule has 2 bridgehead atoms. The van der Waals surface area contributed by atoms with Crippen molar-refractivity contribution in [2.75, 3.05) is 13.1 Å². The SMILES string of the molecule is CC(C)=CCN1CCC2(C)c3cc(C(N)=O)ccc3CC1C2C. The molecule has 3 atom stereocenters. The maximum Gasteiger partial charge on any atom is 0.248 e. The molecule has 0 aromatic heterocycles. The number of amides is 1. The van der Waals surface area contributed by atoms with Crippen molar-refractivity contribution in [2.45, 2.75) is 52.0 Å². The molecule has 124 valence electrons. The van der Waals surface area contributed by atoms with Crippen molar-refractivity contribution >= 4 is 5.91 Å². The highest BCUT2D eigenvalue weighted by molar-refractivity contribution is 5.93. The number of nitrogens with two attached hydrogens (primary N) is 1. The van der Waals surface area contributed by atoms with E-state index in [1.807, 2.05) is 6.07 Å². The Kier molecular flexibility index (Phi) is 4.09. The van der Waals surface area contributed by atoms with E-state index in [9.17, 15) is 4.79 Å². The van der Waals surface area contributed by atoms with Gasteiger partial charge in [-0.2, -0.15) is 0 Å². The Labute approximate surface area is 139 Å². The van der Waals surface area contributed by atoms with Crippen LogP contribution in [0.2, 0.25) is 0 Å². The smallest absolute Gasteiger partial charge is 0.248 e. The van der Waals surface area contributed by atoms with Gasteiger partial charge in [-0.25, -0.2) is 0 Å². The molecule has 1 aliphatic heterocycles. The molecule has 3 unspecified atom stereocenters. The van der Waals surface area contributed by atoms with Crippen LogP contribution < -0.4 is 5.73 Å². The van der Waals surface area contributed by atoms with Crippen LogP contribution in [-0.2, 0) is 11.8 Å². The zero-order valence-electron chi connectivity index (χ0n) is 14.7. The Morgan fingerprint density at radius 2 is 2.17 bits per heavy atom. The van der Waals surface area contributed by atoms with Crippen LogP contribution >= 0.6 is 0 Å². The quantitative estimate of drug-likeness (QED) is 0.871. The number of nitrogens with zero attached hydrogens (tertiary/aromatic N) is 1. The van der Waals surface area contributed by atoms with E-state index in [1.165, 1.54) is 16.7 Å². The topological polar surface area (TPSA) is 46.3 Å². The van der Waals surface area contributed by atoms with Gasteiger partial charge in [-0.1, -0.05) is 31.6 Å². The summed E-state index contributed by atoms with van der Waals surface area (Å²) in [4.78, 5) is 14.2. The Morgan fingerprint density at radius 3 is 2.83 bits per heavy atom. The third-order valence-corrected chi connectivity index (χ3v) is 6.14. The third kappa shape index (κ3) is 2.72. The average molecular weight is 312 g/mol. The summed E-state index contributed by atoms with van der Waals surface area (Å²) >= 11 is 0. The predicted octanol–water partition coefficient (Wildman–Crippen LogP) is 3.28. The number of fused-ring (bicyclic) bond motifs is 4. The second-order valence-electron chi connectivity index (χ2n) is 7.74. The van der Waals surface area contributed by atoms with Crippen LogP contribution in [0.15, 0.2) is 29.8 Å². The van der Waals surface area contributed by atoms with E-state index < -0.39 is 0 Å². The zero-order valence-corrected chi connectivity index (χ0v) is 14.7. The second-order valence-corrected chi connectivity index (χ2v) is 7.74. The monoisotopic (exact) mass is 312 g/mol. The molecule has 1 aliphatic carbocycles. The highest BCUT2D eigenvalue weighted by Crippen LogP contribution is 2.48. The molecular formula is C20H28N2O. The fraction of sp³-hybridized carbons (Fsp3) is 0.550. The molecule has 0 spiro atoms. The predicted molar refractivity (Wildman–Crippen MR) is 94.6 cm³/mol. The molecule has 3 rings (SSSR count). The summed E-state index contributed by atoms with van der Waals surface area (Å²) in [6.07, 6.45) is 4.54. The van der Waals surface area contributed by atoms with Crippen LogP contribution in [0.5, 0.6) is 0 Å². The number of benzene rings is 1. The summed E-state index contributed by atoms with van der Waals surface area (Å²) in [5.41, 5.74) is 10.4. The summed E-state index contributed by atoms with van der Waals surface area (Å²) in [6, 6.07) is 6.64. The minimum absolute atomic E-state index is 0.144. The molecule has 2 N–H and O–H groups in total. The van der Waals surface area contributed by atoms with Gasteiger partial charge in [0.2, 0.25) is 5.91 Å². The number of piperidine rings is 1. The summed E-state index contributed by atoms with van der Waals surface area (Å²) in [7, 11) is 0.